The molecule has 5 nitrogen and oxygen atoms in total. The quantitative estimate of drug-likeness (QED) is 0.885. The number of nitrogens with one attached hydrogen (secondary N) is 1. The highest BCUT2D eigenvalue weighted by Gasteiger charge is 2.16. The topological polar surface area (TPSA) is 75.0 Å². The van der Waals surface area contributed by atoms with Gasteiger partial charge in [0.2, 0.25) is 0 Å². The van der Waals surface area contributed by atoms with Crippen molar-refractivity contribution in [1.82, 2.24) is 9.97 Å². The van der Waals surface area contributed by atoms with Crippen LogP contribution in [0.2, 0.25) is 5.02 Å². The monoisotopic (exact) mass is 296 g/mol. The van der Waals surface area contributed by atoms with Crippen molar-refractivity contribution in [2.45, 2.75) is 6.42 Å². The number of halogens is 2. The van der Waals surface area contributed by atoms with Crippen molar-refractivity contribution in [1.29, 1.82) is 0 Å². The van der Waals surface area contributed by atoms with E-state index in [1.54, 1.807) is 17.0 Å². The van der Waals surface area contributed by atoms with Gasteiger partial charge in [0.05, 0.1) is 6.33 Å². The summed E-state index contributed by atoms with van der Waals surface area (Å²) in [6.45, 7) is 0.947. The average Bonchev–Trinajstić information content (AvgIpc) is 2.44. The summed E-state index contributed by atoms with van der Waals surface area (Å²) in [7, 11) is 0. The lowest BCUT2D eigenvalue weighted by Gasteiger charge is -2.24. The molecule has 0 saturated heterocycles. The Balaban J connectivity index is 2.47. The van der Waals surface area contributed by atoms with Gasteiger partial charge in [-0.3, -0.25) is 4.79 Å². The van der Waals surface area contributed by atoms with Crippen LogP contribution in [0.4, 0.5) is 15.9 Å². The zero-order chi connectivity index (χ0) is 14.5. The van der Waals surface area contributed by atoms with E-state index in [0.717, 1.165) is 0 Å². The largest absolute Gasteiger partial charge is 0.330 e. The van der Waals surface area contributed by atoms with Gasteiger partial charge in [0.15, 0.2) is 5.82 Å². The fourth-order valence-electron chi connectivity index (χ4n) is 1.81. The Kier molecular flexibility index (Phi) is 4.70. The third-order valence-electron chi connectivity index (χ3n) is 2.74. The third kappa shape index (κ3) is 3.15. The van der Waals surface area contributed by atoms with E-state index in [2.05, 4.69) is 9.97 Å². The van der Waals surface area contributed by atoms with Crippen LogP contribution in [0, 0.1) is 5.82 Å². The fraction of sp³-hybridized carbons (Fsp3) is 0.231. The van der Waals surface area contributed by atoms with Gasteiger partial charge in [-0.05, 0) is 31.2 Å². The van der Waals surface area contributed by atoms with E-state index in [1.807, 2.05) is 0 Å². The standard InChI is InChI=1S/C13H14ClFN4O/c14-11-12(17-8-18-13(11)20)19(6-2-5-16)10-4-1-3-9(15)7-10/h1,3-4,7-8H,2,5-6,16H2,(H,17,18,20). The molecule has 0 aliphatic carbocycles. The first-order chi connectivity index (χ1) is 9.63. The number of H-pyrrole nitrogens is 1. The molecule has 7 heteroatoms. The lowest BCUT2D eigenvalue weighted by atomic mass is 10.2. The van der Waals surface area contributed by atoms with Gasteiger partial charge in [-0.1, -0.05) is 17.7 Å². The molecule has 20 heavy (non-hydrogen) atoms. The Morgan fingerprint density at radius 3 is 2.95 bits per heavy atom. The minimum Gasteiger partial charge on any atom is -0.330 e. The number of rotatable bonds is 5. The molecule has 1 aromatic heterocycles. The summed E-state index contributed by atoms with van der Waals surface area (Å²) in [6, 6.07) is 6.01. The SMILES string of the molecule is NCCCN(c1cccc(F)c1)c1nc[nH]c(=O)c1Cl. The maximum Gasteiger partial charge on any atom is 0.271 e. The molecule has 0 radical (unpaired) electrons. The minimum absolute atomic E-state index is 0.0335. The van der Waals surface area contributed by atoms with E-state index in [0.29, 0.717) is 25.2 Å². The number of hydrogen-bond donors (Lipinski definition) is 2. The predicted molar refractivity (Wildman–Crippen MR) is 76.9 cm³/mol. The highest BCUT2D eigenvalue weighted by molar-refractivity contribution is 6.32. The fourth-order valence-corrected chi connectivity index (χ4v) is 2.02. The molecular formula is C13H14ClFN4O. The number of anilines is 2. The van der Waals surface area contributed by atoms with Crippen LogP contribution >= 0.6 is 11.6 Å². The molecule has 0 atom stereocenters. The number of benzene rings is 1. The van der Waals surface area contributed by atoms with Gasteiger partial charge in [0.1, 0.15) is 10.8 Å². The summed E-state index contributed by atoms with van der Waals surface area (Å²) in [4.78, 5) is 19.7. The van der Waals surface area contributed by atoms with E-state index in [4.69, 9.17) is 17.3 Å². The molecule has 3 N–H and O–H groups in total. The van der Waals surface area contributed by atoms with Crippen LogP contribution in [0.5, 0.6) is 0 Å². The van der Waals surface area contributed by atoms with Crippen LogP contribution in [0.1, 0.15) is 6.42 Å². The number of nitrogens with zero attached hydrogens (tertiary/aromatic N) is 2. The molecule has 0 aliphatic rings. The van der Waals surface area contributed by atoms with Crippen LogP contribution < -0.4 is 16.2 Å². The lowest BCUT2D eigenvalue weighted by Crippen LogP contribution is -2.24. The summed E-state index contributed by atoms with van der Waals surface area (Å²) in [6.07, 6.45) is 1.92. The number of aromatic amines is 1. The van der Waals surface area contributed by atoms with E-state index < -0.39 is 5.56 Å². The maximum atomic E-state index is 13.4. The van der Waals surface area contributed by atoms with Crippen LogP contribution in [0.15, 0.2) is 35.4 Å². The second-order valence-corrected chi connectivity index (χ2v) is 4.52. The molecule has 2 aromatic rings. The summed E-state index contributed by atoms with van der Waals surface area (Å²) in [5.41, 5.74) is 5.64. The molecule has 106 valence electrons. The Morgan fingerprint density at radius 1 is 1.45 bits per heavy atom. The highest BCUT2D eigenvalue weighted by atomic mass is 35.5. The van der Waals surface area contributed by atoms with Crippen molar-refractivity contribution in [2.24, 2.45) is 5.73 Å². The maximum absolute atomic E-state index is 13.4. The van der Waals surface area contributed by atoms with Crippen molar-refractivity contribution in [3.63, 3.8) is 0 Å². The van der Waals surface area contributed by atoms with E-state index >= 15 is 0 Å². The lowest BCUT2D eigenvalue weighted by molar-refractivity contribution is 0.627. The van der Waals surface area contributed by atoms with E-state index in [1.165, 1.54) is 18.5 Å². The Morgan fingerprint density at radius 2 is 2.25 bits per heavy atom. The summed E-state index contributed by atoms with van der Waals surface area (Å²) in [5.74, 6) is -0.0873. The molecule has 0 unspecified atom stereocenters. The van der Waals surface area contributed by atoms with Crippen LogP contribution in [0.3, 0.4) is 0 Å². The Labute approximate surface area is 120 Å². The van der Waals surface area contributed by atoms with Gasteiger partial charge in [-0.15, -0.1) is 0 Å². The van der Waals surface area contributed by atoms with Crippen molar-refractivity contribution in [2.75, 3.05) is 18.0 Å². The summed E-state index contributed by atoms with van der Waals surface area (Å²) < 4.78 is 13.4. The van der Waals surface area contributed by atoms with Gasteiger partial charge in [0.25, 0.3) is 5.56 Å². The first kappa shape index (κ1) is 14.5. The molecule has 1 aromatic carbocycles. The van der Waals surface area contributed by atoms with E-state index in [9.17, 15) is 9.18 Å². The Hall–Kier alpha value is -1.92. The van der Waals surface area contributed by atoms with Gasteiger partial charge < -0.3 is 15.6 Å². The second kappa shape index (κ2) is 6.49. The molecule has 0 spiro atoms. The molecule has 0 saturated carbocycles. The van der Waals surface area contributed by atoms with Crippen LogP contribution in [0.25, 0.3) is 0 Å². The molecule has 2 rings (SSSR count). The molecule has 0 amide bonds. The first-order valence-electron chi connectivity index (χ1n) is 6.10. The van der Waals surface area contributed by atoms with Gasteiger partial charge in [0, 0.05) is 12.2 Å². The van der Waals surface area contributed by atoms with Gasteiger partial charge in [-0.2, -0.15) is 0 Å². The number of hydrogen-bond acceptors (Lipinski definition) is 4. The third-order valence-corrected chi connectivity index (χ3v) is 3.08. The summed E-state index contributed by atoms with van der Waals surface area (Å²) in [5, 5.41) is -0.0335. The van der Waals surface area contributed by atoms with Crippen molar-refractivity contribution >= 4 is 23.1 Å². The second-order valence-electron chi connectivity index (χ2n) is 4.14. The molecule has 1 heterocycles. The van der Waals surface area contributed by atoms with Crippen LogP contribution in [-0.4, -0.2) is 23.1 Å². The minimum atomic E-state index is -0.439. The van der Waals surface area contributed by atoms with Gasteiger partial charge in [-0.25, -0.2) is 9.37 Å². The zero-order valence-corrected chi connectivity index (χ0v) is 11.4. The number of aromatic nitrogens is 2. The Bertz CT molecular complexity index is 646. The number of nitrogens with two attached hydrogens (primary N) is 1. The average molecular weight is 297 g/mol. The molecule has 0 fully saturated rings. The molecule has 0 aliphatic heterocycles. The van der Waals surface area contributed by atoms with Crippen molar-refractivity contribution in [3.8, 4) is 0 Å². The smallest absolute Gasteiger partial charge is 0.271 e. The molecule has 0 bridgehead atoms. The van der Waals surface area contributed by atoms with Crippen molar-refractivity contribution < 1.29 is 4.39 Å². The first-order valence-corrected chi connectivity index (χ1v) is 6.47. The van der Waals surface area contributed by atoms with Gasteiger partial charge >= 0.3 is 0 Å². The predicted octanol–water partition coefficient (Wildman–Crippen LogP) is 2.05. The zero-order valence-electron chi connectivity index (χ0n) is 10.6. The van der Waals surface area contributed by atoms with Crippen LogP contribution in [-0.2, 0) is 0 Å². The summed E-state index contributed by atoms with van der Waals surface area (Å²) >= 11 is 5.98. The normalized spacial score (nSPS) is 10.6. The molecular weight excluding hydrogens is 283 g/mol. The van der Waals surface area contributed by atoms with Crippen molar-refractivity contribution in [3.05, 3.63) is 51.8 Å². The highest BCUT2D eigenvalue weighted by Crippen LogP contribution is 2.27. The van der Waals surface area contributed by atoms with E-state index in [-0.39, 0.29) is 16.7 Å².